The number of hydrogen-bond donors (Lipinski definition) is 4. The molecular weight excluding hydrogens is 683 g/mol. The summed E-state index contributed by atoms with van der Waals surface area (Å²) < 4.78 is 27.1. The minimum atomic E-state index is -3.55. The molecule has 4 aliphatic carbocycles. The van der Waals surface area contributed by atoms with E-state index in [1.165, 1.54) is 6.08 Å². The van der Waals surface area contributed by atoms with Crippen molar-refractivity contribution >= 4 is 39.4 Å². The van der Waals surface area contributed by atoms with Gasteiger partial charge in [0.2, 0.25) is 17.6 Å². The standard InChI is InChI=1S/C39H63N5O7S/c1-8-21-40-33(47)30(45)27(22-25-15-16-25)41-32(46)29-28-26(37(28,5)6)23-44(29)34(48)31(36(2,3)4)42-35(49)43-39(19-13-10-14-20-39)24-52(50,51)38(7)17-11-9-12-18-38/h8,25-29,31H,1,9-24H2,2-7H3,(H,40,47)(H,41,46)(H2,42,43,49)/t26-,27-,28-,29-,31+/m0/s1. The van der Waals surface area contributed by atoms with Crippen LogP contribution in [0.2, 0.25) is 0 Å². The van der Waals surface area contributed by atoms with E-state index in [1.54, 1.807) is 4.90 Å². The lowest BCUT2D eigenvalue weighted by Gasteiger charge is -2.43. The molecule has 0 spiro atoms. The minimum absolute atomic E-state index is 0.0620. The summed E-state index contributed by atoms with van der Waals surface area (Å²) in [4.78, 5) is 70.1. The number of likely N-dealkylation sites (tertiary alicyclic amines) is 1. The Morgan fingerprint density at radius 2 is 1.50 bits per heavy atom. The predicted molar refractivity (Wildman–Crippen MR) is 200 cm³/mol. The lowest BCUT2D eigenvalue weighted by molar-refractivity contribution is -0.145. The van der Waals surface area contributed by atoms with E-state index in [9.17, 15) is 32.4 Å². The topological polar surface area (TPSA) is 171 Å². The molecule has 0 unspecified atom stereocenters. The number of fused-ring (bicyclic) bond motifs is 1. The van der Waals surface area contributed by atoms with Crippen LogP contribution in [-0.4, -0.2) is 90.1 Å². The normalized spacial score (nSPS) is 27.3. The van der Waals surface area contributed by atoms with Gasteiger partial charge in [-0.1, -0.05) is 92.1 Å². The number of nitrogens with zero attached hydrogens (tertiary/aromatic N) is 1. The van der Waals surface area contributed by atoms with Crippen LogP contribution in [0.5, 0.6) is 0 Å². The number of carbonyl (C=O) groups is 5. The van der Waals surface area contributed by atoms with Crippen LogP contribution >= 0.6 is 0 Å². The average Bonchev–Trinajstić information content (AvgIpc) is 3.92. The van der Waals surface area contributed by atoms with Crippen molar-refractivity contribution in [2.24, 2.45) is 28.6 Å². The molecule has 1 saturated heterocycles. The quantitative estimate of drug-likeness (QED) is 0.153. The lowest BCUT2D eigenvalue weighted by atomic mass is 9.83. The second kappa shape index (κ2) is 15.1. The first kappa shape index (κ1) is 40.2. The Bertz CT molecular complexity index is 1520. The zero-order valence-electron chi connectivity index (χ0n) is 32.3. The second-order valence-corrected chi connectivity index (χ2v) is 21.0. The number of rotatable bonds is 14. The van der Waals surface area contributed by atoms with E-state index >= 15 is 0 Å². The van der Waals surface area contributed by atoms with Gasteiger partial charge in [0.15, 0.2) is 9.84 Å². The number of carbonyl (C=O) groups excluding carboxylic acids is 5. The molecule has 5 atom stereocenters. The SMILES string of the molecule is C=CCNC(=O)C(=O)[C@H](CC1CC1)NC(=O)[C@@H]1[C@@H]2[C@H](CN1C(=O)[C@@H](NC(=O)NC1(CS(=O)(=O)C3(C)CCCCC3)CCCCC1)C(C)(C)C)C2(C)C. The van der Waals surface area contributed by atoms with E-state index in [2.05, 4.69) is 41.7 Å². The third-order valence-corrected chi connectivity index (χ3v) is 15.8. The van der Waals surface area contributed by atoms with Gasteiger partial charge >= 0.3 is 6.03 Å². The van der Waals surface area contributed by atoms with Gasteiger partial charge in [0.25, 0.3) is 5.91 Å². The molecule has 292 valence electrons. The van der Waals surface area contributed by atoms with Gasteiger partial charge in [0, 0.05) is 13.1 Å². The molecule has 0 aromatic carbocycles. The monoisotopic (exact) mass is 745 g/mol. The molecule has 13 heteroatoms. The van der Waals surface area contributed by atoms with Crippen LogP contribution in [0.3, 0.4) is 0 Å². The van der Waals surface area contributed by atoms with E-state index in [-0.39, 0.29) is 35.5 Å². The number of ketones is 1. The van der Waals surface area contributed by atoms with Crippen molar-refractivity contribution in [1.29, 1.82) is 0 Å². The summed E-state index contributed by atoms with van der Waals surface area (Å²) in [6.45, 7) is 15.6. The molecule has 5 amide bonds. The zero-order valence-corrected chi connectivity index (χ0v) is 33.1. The van der Waals surface area contributed by atoms with Crippen LogP contribution in [-0.2, 0) is 29.0 Å². The first-order chi connectivity index (χ1) is 24.3. The highest BCUT2D eigenvalue weighted by molar-refractivity contribution is 7.92. The van der Waals surface area contributed by atoms with Crippen LogP contribution in [0.15, 0.2) is 12.7 Å². The molecule has 52 heavy (non-hydrogen) atoms. The van der Waals surface area contributed by atoms with Crippen LogP contribution in [0.25, 0.3) is 0 Å². The minimum Gasteiger partial charge on any atom is -0.346 e. The molecule has 0 radical (unpaired) electrons. The number of amides is 5. The van der Waals surface area contributed by atoms with Crippen LogP contribution in [0.4, 0.5) is 4.79 Å². The highest BCUT2D eigenvalue weighted by atomic mass is 32.2. The van der Waals surface area contributed by atoms with Crippen LogP contribution < -0.4 is 21.3 Å². The van der Waals surface area contributed by atoms with Gasteiger partial charge in [0.1, 0.15) is 12.1 Å². The Labute approximate surface area is 310 Å². The van der Waals surface area contributed by atoms with E-state index in [0.29, 0.717) is 38.6 Å². The van der Waals surface area contributed by atoms with Gasteiger partial charge in [0.05, 0.1) is 22.1 Å². The summed E-state index contributed by atoms with van der Waals surface area (Å²) in [5.74, 6) is -2.34. The molecule has 1 aliphatic heterocycles. The molecule has 0 aromatic rings. The molecule has 12 nitrogen and oxygen atoms in total. The van der Waals surface area contributed by atoms with Crippen molar-refractivity contribution in [3.8, 4) is 0 Å². The van der Waals surface area contributed by atoms with Crippen molar-refractivity contribution in [3.63, 3.8) is 0 Å². The third-order valence-electron chi connectivity index (χ3n) is 13.0. The summed E-state index contributed by atoms with van der Waals surface area (Å²) in [7, 11) is -3.55. The fraction of sp³-hybridized carbons (Fsp3) is 0.821. The summed E-state index contributed by atoms with van der Waals surface area (Å²) >= 11 is 0. The maximum Gasteiger partial charge on any atom is 0.315 e. The Hall–Kier alpha value is -2.96. The smallest absolute Gasteiger partial charge is 0.315 e. The fourth-order valence-corrected chi connectivity index (χ4v) is 11.7. The van der Waals surface area contributed by atoms with Crippen LogP contribution in [0, 0.1) is 28.6 Å². The number of Topliss-reactive ketones (excluding diaryl/α,β-unsaturated/α-hetero) is 1. The van der Waals surface area contributed by atoms with Gasteiger partial charge in [-0.3, -0.25) is 19.2 Å². The molecule has 4 saturated carbocycles. The van der Waals surface area contributed by atoms with Gasteiger partial charge < -0.3 is 26.2 Å². The van der Waals surface area contributed by atoms with E-state index in [4.69, 9.17) is 0 Å². The van der Waals surface area contributed by atoms with Gasteiger partial charge in [-0.05, 0) is 67.6 Å². The Morgan fingerprint density at radius 3 is 2.06 bits per heavy atom. The second-order valence-electron chi connectivity index (χ2n) is 18.5. The Morgan fingerprint density at radius 1 is 0.904 bits per heavy atom. The Kier molecular flexibility index (Phi) is 11.6. The molecule has 0 aromatic heterocycles. The van der Waals surface area contributed by atoms with Crippen LogP contribution in [0.1, 0.15) is 125 Å². The molecule has 5 aliphatic rings. The van der Waals surface area contributed by atoms with Gasteiger partial charge in [-0.25, -0.2) is 13.2 Å². The lowest BCUT2D eigenvalue weighted by Crippen LogP contribution is -2.64. The van der Waals surface area contributed by atoms with Crippen molar-refractivity contribution in [2.75, 3.05) is 18.8 Å². The predicted octanol–water partition coefficient (Wildman–Crippen LogP) is 4.18. The van der Waals surface area contributed by atoms with E-state index in [1.807, 2.05) is 27.7 Å². The number of urea groups is 1. The summed E-state index contributed by atoms with van der Waals surface area (Å²) in [5.41, 5.74) is -1.89. The molecule has 5 fully saturated rings. The molecule has 5 rings (SSSR count). The highest BCUT2D eigenvalue weighted by Gasteiger charge is 2.70. The fourth-order valence-electron chi connectivity index (χ4n) is 9.30. The Balaban J connectivity index is 1.34. The summed E-state index contributed by atoms with van der Waals surface area (Å²) in [5, 5.41) is 11.4. The van der Waals surface area contributed by atoms with Gasteiger partial charge in [-0.2, -0.15) is 0 Å². The number of piperidine rings is 1. The maximum absolute atomic E-state index is 14.6. The number of hydrogen-bond acceptors (Lipinski definition) is 7. The van der Waals surface area contributed by atoms with E-state index < -0.39 is 73.2 Å². The summed E-state index contributed by atoms with van der Waals surface area (Å²) in [6, 6.07) is -3.50. The zero-order chi connectivity index (χ0) is 38.3. The first-order valence-electron chi connectivity index (χ1n) is 19.6. The van der Waals surface area contributed by atoms with Crippen molar-refractivity contribution in [3.05, 3.63) is 12.7 Å². The van der Waals surface area contributed by atoms with Crippen molar-refractivity contribution in [2.45, 2.75) is 153 Å². The first-order valence-corrected chi connectivity index (χ1v) is 21.3. The number of nitrogens with one attached hydrogen (secondary N) is 4. The largest absolute Gasteiger partial charge is 0.346 e. The molecular formula is C39H63N5O7S. The van der Waals surface area contributed by atoms with Crippen molar-refractivity contribution in [1.82, 2.24) is 26.2 Å². The molecule has 1 heterocycles. The molecule has 0 bridgehead atoms. The third kappa shape index (κ3) is 8.54. The number of sulfone groups is 1. The van der Waals surface area contributed by atoms with Gasteiger partial charge in [-0.15, -0.1) is 6.58 Å². The molecule has 4 N–H and O–H groups in total. The summed E-state index contributed by atoms with van der Waals surface area (Å²) in [6.07, 6.45) is 11.4. The van der Waals surface area contributed by atoms with Crippen molar-refractivity contribution < 1.29 is 32.4 Å². The maximum atomic E-state index is 14.6. The average molecular weight is 746 g/mol. The van der Waals surface area contributed by atoms with E-state index in [0.717, 1.165) is 51.4 Å². The highest BCUT2D eigenvalue weighted by Crippen LogP contribution is 2.65.